The van der Waals surface area contributed by atoms with Crippen LogP contribution in [0.3, 0.4) is 0 Å². The van der Waals surface area contributed by atoms with E-state index in [2.05, 4.69) is 6.92 Å². The zero-order valence-corrected chi connectivity index (χ0v) is 12.3. The molecule has 0 spiro atoms. The molecule has 20 heavy (non-hydrogen) atoms. The Labute approximate surface area is 120 Å². The summed E-state index contributed by atoms with van der Waals surface area (Å²) in [5.74, 6) is 0.578. The van der Waals surface area contributed by atoms with E-state index in [4.69, 9.17) is 4.74 Å². The number of ether oxygens (including phenoxy) is 1. The van der Waals surface area contributed by atoms with Crippen molar-refractivity contribution in [3.63, 3.8) is 0 Å². The van der Waals surface area contributed by atoms with E-state index in [1.165, 1.54) is 19.3 Å². The summed E-state index contributed by atoms with van der Waals surface area (Å²) in [6.45, 7) is 2.17. The van der Waals surface area contributed by atoms with Crippen LogP contribution in [0.2, 0.25) is 0 Å². The topological polar surface area (TPSA) is 66.8 Å². The SMILES string of the molecule is CCCCCC[C@@H](O)C[C@@H]1CC2=C(CC[C@@H](O)C2=O)O1. The lowest BCUT2D eigenvalue weighted by atomic mass is 9.91. The zero-order chi connectivity index (χ0) is 14.5. The molecule has 2 aliphatic rings. The number of hydrogen-bond donors (Lipinski definition) is 2. The minimum atomic E-state index is -0.852. The minimum absolute atomic E-state index is 0.0876. The molecule has 1 heterocycles. The molecule has 0 saturated heterocycles. The van der Waals surface area contributed by atoms with Crippen LogP contribution in [0.1, 0.15) is 64.7 Å². The Kier molecular flexibility index (Phi) is 5.61. The fraction of sp³-hybridized carbons (Fsp3) is 0.812. The summed E-state index contributed by atoms with van der Waals surface area (Å²) < 4.78 is 5.77. The first-order valence-corrected chi connectivity index (χ1v) is 7.90. The van der Waals surface area contributed by atoms with Crippen LogP contribution < -0.4 is 0 Å². The van der Waals surface area contributed by atoms with Crippen LogP contribution in [0.25, 0.3) is 0 Å². The maximum absolute atomic E-state index is 11.8. The number of Topliss-reactive ketones (excluding diaryl/α,β-unsaturated/α-hetero) is 1. The van der Waals surface area contributed by atoms with Gasteiger partial charge in [-0.2, -0.15) is 0 Å². The van der Waals surface area contributed by atoms with Crippen LogP contribution in [-0.2, 0) is 9.53 Å². The third-order valence-corrected chi connectivity index (χ3v) is 4.25. The van der Waals surface area contributed by atoms with E-state index in [-0.39, 0.29) is 18.0 Å². The van der Waals surface area contributed by atoms with Gasteiger partial charge in [0.25, 0.3) is 0 Å². The molecule has 4 nitrogen and oxygen atoms in total. The average molecular weight is 282 g/mol. The zero-order valence-electron chi connectivity index (χ0n) is 12.3. The van der Waals surface area contributed by atoms with Crippen LogP contribution in [0.15, 0.2) is 11.3 Å². The van der Waals surface area contributed by atoms with E-state index >= 15 is 0 Å². The number of unbranched alkanes of at least 4 members (excludes halogenated alkanes) is 3. The monoisotopic (exact) mass is 282 g/mol. The van der Waals surface area contributed by atoms with Gasteiger partial charge < -0.3 is 14.9 Å². The van der Waals surface area contributed by atoms with Crippen molar-refractivity contribution < 1.29 is 19.7 Å². The maximum atomic E-state index is 11.8. The van der Waals surface area contributed by atoms with Gasteiger partial charge in [-0.3, -0.25) is 4.79 Å². The molecule has 0 aromatic carbocycles. The summed E-state index contributed by atoms with van der Waals surface area (Å²) in [5.41, 5.74) is 0.659. The molecule has 3 atom stereocenters. The molecule has 0 amide bonds. The lowest BCUT2D eigenvalue weighted by Crippen LogP contribution is -2.26. The number of ketones is 1. The highest BCUT2D eigenvalue weighted by Gasteiger charge is 2.36. The smallest absolute Gasteiger partial charge is 0.190 e. The summed E-state index contributed by atoms with van der Waals surface area (Å²) >= 11 is 0. The molecule has 0 aromatic heterocycles. The number of hydrogen-bond acceptors (Lipinski definition) is 4. The van der Waals surface area contributed by atoms with Crippen molar-refractivity contribution in [2.75, 3.05) is 0 Å². The van der Waals surface area contributed by atoms with Gasteiger partial charge in [-0.05, 0) is 12.8 Å². The van der Waals surface area contributed by atoms with Gasteiger partial charge >= 0.3 is 0 Å². The fourth-order valence-corrected chi connectivity index (χ4v) is 3.06. The Hall–Kier alpha value is -0.870. The molecule has 1 aliphatic heterocycles. The average Bonchev–Trinajstić information content (AvgIpc) is 2.82. The Bertz CT molecular complexity index is 375. The minimum Gasteiger partial charge on any atom is -0.494 e. The van der Waals surface area contributed by atoms with Gasteiger partial charge in [-0.25, -0.2) is 0 Å². The van der Waals surface area contributed by atoms with Crippen LogP contribution in [0.5, 0.6) is 0 Å². The molecule has 0 aromatic rings. The molecule has 2 N–H and O–H groups in total. The van der Waals surface area contributed by atoms with Crippen molar-refractivity contribution in [1.82, 2.24) is 0 Å². The first-order valence-electron chi connectivity index (χ1n) is 7.90. The van der Waals surface area contributed by atoms with Crippen LogP contribution >= 0.6 is 0 Å². The number of carbonyl (C=O) groups is 1. The standard InChI is InChI=1S/C16H26O4/c1-2-3-4-5-6-11(17)9-12-10-13-15(20-12)8-7-14(18)16(13)19/h11-12,14,17-18H,2-10H2,1H3/t11-,12-,14-/m1/s1. The van der Waals surface area contributed by atoms with Gasteiger partial charge in [0.15, 0.2) is 5.78 Å². The van der Waals surface area contributed by atoms with Gasteiger partial charge in [0.1, 0.15) is 18.0 Å². The number of carbonyl (C=O) groups excluding carboxylic acids is 1. The first-order chi connectivity index (χ1) is 9.61. The molecule has 114 valence electrons. The van der Waals surface area contributed by atoms with Gasteiger partial charge in [-0.15, -0.1) is 0 Å². The molecule has 0 unspecified atom stereocenters. The van der Waals surface area contributed by atoms with Crippen LogP contribution in [0, 0.1) is 0 Å². The molecule has 0 saturated carbocycles. The van der Waals surface area contributed by atoms with Crippen molar-refractivity contribution in [2.24, 2.45) is 0 Å². The summed E-state index contributed by atoms with van der Waals surface area (Å²) in [4.78, 5) is 11.8. The van der Waals surface area contributed by atoms with Gasteiger partial charge in [0, 0.05) is 24.8 Å². The van der Waals surface area contributed by atoms with Gasteiger partial charge in [-0.1, -0.05) is 32.6 Å². The molecular weight excluding hydrogens is 256 g/mol. The summed E-state index contributed by atoms with van der Waals surface area (Å²) in [6, 6.07) is 0. The molecule has 4 heteroatoms. The molecular formula is C16H26O4. The second-order valence-corrected chi connectivity index (χ2v) is 6.00. The van der Waals surface area contributed by atoms with Crippen molar-refractivity contribution in [2.45, 2.75) is 83.0 Å². The number of rotatable bonds is 7. The predicted molar refractivity (Wildman–Crippen MR) is 76.1 cm³/mol. The number of aliphatic hydroxyl groups is 2. The quantitative estimate of drug-likeness (QED) is 0.704. The normalized spacial score (nSPS) is 27.4. The highest BCUT2D eigenvalue weighted by molar-refractivity contribution is 6.00. The summed E-state index contributed by atoms with van der Waals surface area (Å²) in [6.07, 6.45) is 6.39. The van der Waals surface area contributed by atoms with Crippen LogP contribution in [-0.4, -0.2) is 34.3 Å². The Morgan fingerprint density at radius 3 is 2.90 bits per heavy atom. The lowest BCUT2D eigenvalue weighted by Gasteiger charge is -2.18. The van der Waals surface area contributed by atoms with E-state index in [9.17, 15) is 15.0 Å². The van der Waals surface area contributed by atoms with Gasteiger partial charge in [0.05, 0.1) is 6.10 Å². The molecule has 2 rings (SSSR count). The van der Waals surface area contributed by atoms with Crippen molar-refractivity contribution in [3.8, 4) is 0 Å². The van der Waals surface area contributed by atoms with Crippen LogP contribution in [0.4, 0.5) is 0 Å². The number of allylic oxidation sites excluding steroid dienone is 1. The first kappa shape index (κ1) is 15.5. The van der Waals surface area contributed by atoms with Gasteiger partial charge in [0.2, 0.25) is 0 Å². The third kappa shape index (κ3) is 3.83. The molecule has 0 bridgehead atoms. The van der Waals surface area contributed by atoms with Crippen molar-refractivity contribution >= 4 is 5.78 Å². The molecule has 0 fully saturated rings. The lowest BCUT2D eigenvalue weighted by molar-refractivity contribution is -0.124. The summed E-state index contributed by atoms with van der Waals surface area (Å²) in [5, 5.41) is 19.6. The van der Waals surface area contributed by atoms with E-state index in [0.29, 0.717) is 31.3 Å². The molecule has 1 aliphatic carbocycles. The predicted octanol–water partition coefficient (Wildman–Crippen LogP) is 2.47. The Morgan fingerprint density at radius 2 is 2.15 bits per heavy atom. The van der Waals surface area contributed by atoms with E-state index in [0.717, 1.165) is 18.6 Å². The third-order valence-electron chi connectivity index (χ3n) is 4.25. The van der Waals surface area contributed by atoms with E-state index in [1.807, 2.05) is 0 Å². The van der Waals surface area contributed by atoms with E-state index < -0.39 is 6.10 Å². The Balaban J connectivity index is 1.73. The molecule has 0 radical (unpaired) electrons. The van der Waals surface area contributed by atoms with Crippen molar-refractivity contribution in [1.29, 1.82) is 0 Å². The van der Waals surface area contributed by atoms with Crippen molar-refractivity contribution in [3.05, 3.63) is 11.3 Å². The largest absolute Gasteiger partial charge is 0.494 e. The highest BCUT2D eigenvalue weighted by Crippen LogP contribution is 2.35. The maximum Gasteiger partial charge on any atom is 0.190 e. The summed E-state index contributed by atoms with van der Waals surface area (Å²) in [7, 11) is 0. The Morgan fingerprint density at radius 1 is 1.35 bits per heavy atom. The number of aliphatic hydroxyl groups excluding tert-OH is 2. The highest BCUT2D eigenvalue weighted by atomic mass is 16.5. The fourth-order valence-electron chi connectivity index (χ4n) is 3.06. The second-order valence-electron chi connectivity index (χ2n) is 6.00. The second kappa shape index (κ2) is 7.23. The van der Waals surface area contributed by atoms with E-state index in [1.54, 1.807) is 0 Å².